The van der Waals surface area contributed by atoms with Gasteiger partial charge in [0.1, 0.15) is 5.82 Å². The van der Waals surface area contributed by atoms with E-state index >= 15 is 0 Å². The zero-order valence-electron chi connectivity index (χ0n) is 13.8. The standard InChI is InChI=1S/C18H19FN4O/c1-18(5-6-23(11-18)12-20)8-17(24)15-4-3-13(7-16(15)19)14-9-21-22(2)10-14/h3-4,7,9-10H,5-6,8,11H2,1-2H3. The molecule has 1 atom stereocenters. The quantitative estimate of drug-likeness (QED) is 0.640. The van der Waals surface area contributed by atoms with E-state index in [1.165, 1.54) is 6.07 Å². The van der Waals surface area contributed by atoms with Crippen LogP contribution >= 0.6 is 0 Å². The second kappa shape index (κ2) is 6.08. The number of carbonyl (C=O) groups excluding carboxylic acids is 1. The van der Waals surface area contributed by atoms with Gasteiger partial charge in [0.15, 0.2) is 12.0 Å². The van der Waals surface area contributed by atoms with Crippen LogP contribution in [0.2, 0.25) is 0 Å². The van der Waals surface area contributed by atoms with Crippen molar-refractivity contribution in [1.82, 2.24) is 14.7 Å². The molecule has 124 valence electrons. The number of ketones is 1. The molecule has 1 aromatic heterocycles. The molecule has 1 aliphatic rings. The molecule has 0 aliphatic carbocycles. The van der Waals surface area contributed by atoms with Crippen LogP contribution < -0.4 is 0 Å². The Morgan fingerprint density at radius 3 is 2.83 bits per heavy atom. The summed E-state index contributed by atoms with van der Waals surface area (Å²) in [5, 5.41) is 13.0. The lowest BCUT2D eigenvalue weighted by molar-refractivity contribution is 0.0923. The summed E-state index contributed by atoms with van der Waals surface area (Å²) in [6.07, 6.45) is 6.58. The summed E-state index contributed by atoms with van der Waals surface area (Å²) >= 11 is 0. The number of rotatable bonds is 4. The summed E-state index contributed by atoms with van der Waals surface area (Å²) in [5.41, 5.74) is 1.34. The molecule has 0 radical (unpaired) electrons. The number of hydrogen-bond donors (Lipinski definition) is 0. The SMILES string of the molecule is Cn1cc(-c2ccc(C(=O)CC3(C)CCN(C#N)C3)c(F)c2)cn1. The van der Waals surface area contributed by atoms with E-state index in [9.17, 15) is 9.18 Å². The van der Waals surface area contributed by atoms with Crippen LogP contribution in [0, 0.1) is 22.7 Å². The van der Waals surface area contributed by atoms with Crippen LogP contribution in [0.4, 0.5) is 4.39 Å². The smallest absolute Gasteiger partial charge is 0.179 e. The zero-order valence-corrected chi connectivity index (χ0v) is 13.8. The molecular weight excluding hydrogens is 307 g/mol. The van der Waals surface area contributed by atoms with Gasteiger partial charge in [0, 0.05) is 38.3 Å². The Labute approximate surface area is 140 Å². The van der Waals surface area contributed by atoms with Gasteiger partial charge < -0.3 is 4.90 Å². The number of halogens is 1. The van der Waals surface area contributed by atoms with Crippen molar-refractivity contribution in [2.45, 2.75) is 19.8 Å². The first-order valence-electron chi connectivity index (χ1n) is 7.87. The average molecular weight is 326 g/mol. The Bertz CT molecular complexity index is 823. The summed E-state index contributed by atoms with van der Waals surface area (Å²) in [7, 11) is 1.80. The number of hydrogen-bond acceptors (Lipinski definition) is 4. The topological polar surface area (TPSA) is 61.9 Å². The Morgan fingerprint density at radius 2 is 2.25 bits per heavy atom. The second-order valence-corrected chi connectivity index (χ2v) is 6.78. The van der Waals surface area contributed by atoms with Gasteiger partial charge in [-0.05, 0) is 29.5 Å². The van der Waals surface area contributed by atoms with Crippen molar-refractivity contribution in [2.75, 3.05) is 13.1 Å². The van der Waals surface area contributed by atoms with Crippen LogP contribution in [0.15, 0.2) is 30.6 Å². The van der Waals surface area contributed by atoms with Crippen molar-refractivity contribution >= 4 is 5.78 Å². The van der Waals surface area contributed by atoms with Crippen LogP contribution in [-0.2, 0) is 7.05 Å². The molecule has 1 aromatic carbocycles. The summed E-state index contributed by atoms with van der Waals surface area (Å²) < 4.78 is 16.1. The van der Waals surface area contributed by atoms with Crippen LogP contribution in [0.3, 0.4) is 0 Å². The highest BCUT2D eigenvalue weighted by atomic mass is 19.1. The van der Waals surface area contributed by atoms with Gasteiger partial charge in [0.25, 0.3) is 0 Å². The minimum absolute atomic E-state index is 0.110. The highest BCUT2D eigenvalue weighted by Crippen LogP contribution is 2.34. The number of benzene rings is 1. The molecule has 2 heterocycles. The number of aromatic nitrogens is 2. The van der Waals surface area contributed by atoms with Gasteiger partial charge in [-0.25, -0.2) is 4.39 Å². The Morgan fingerprint density at radius 1 is 1.46 bits per heavy atom. The van der Waals surface area contributed by atoms with E-state index in [1.807, 2.05) is 6.92 Å². The number of nitrogens with zero attached hydrogens (tertiary/aromatic N) is 4. The van der Waals surface area contributed by atoms with Crippen molar-refractivity contribution in [3.8, 4) is 17.3 Å². The molecule has 1 fully saturated rings. The molecule has 3 rings (SSSR count). The molecule has 24 heavy (non-hydrogen) atoms. The lowest BCUT2D eigenvalue weighted by Gasteiger charge is -2.22. The summed E-state index contributed by atoms with van der Waals surface area (Å²) in [5.74, 6) is -0.729. The summed E-state index contributed by atoms with van der Waals surface area (Å²) in [6.45, 7) is 3.18. The van der Waals surface area contributed by atoms with Crippen LogP contribution in [0.5, 0.6) is 0 Å². The molecule has 6 heteroatoms. The summed E-state index contributed by atoms with van der Waals surface area (Å²) in [6, 6.07) is 4.66. The predicted molar refractivity (Wildman–Crippen MR) is 87.5 cm³/mol. The van der Waals surface area contributed by atoms with E-state index < -0.39 is 5.82 Å². The van der Waals surface area contributed by atoms with Crippen molar-refractivity contribution in [1.29, 1.82) is 5.26 Å². The van der Waals surface area contributed by atoms with E-state index in [1.54, 1.807) is 41.2 Å². The van der Waals surface area contributed by atoms with Crippen LogP contribution in [0.1, 0.15) is 30.1 Å². The third-order valence-electron chi connectivity index (χ3n) is 4.59. The van der Waals surface area contributed by atoms with Crippen LogP contribution in [-0.4, -0.2) is 33.6 Å². The molecule has 0 bridgehead atoms. The monoisotopic (exact) mass is 326 g/mol. The second-order valence-electron chi connectivity index (χ2n) is 6.78. The highest BCUT2D eigenvalue weighted by molar-refractivity contribution is 5.97. The van der Waals surface area contributed by atoms with Gasteiger partial charge in [0.2, 0.25) is 0 Å². The zero-order chi connectivity index (χ0) is 17.3. The van der Waals surface area contributed by atoms with Crippen molar-refractivity contribution in [3.05, 3.63) is 42.0 Å². The fourth-order valence-electron chi connectivity index (χ4n) is 3.23. The molecule has 1 unspecified atom stereocenters. The largest absolute Gasteiger partial charge is 0.310 e. The minimum Gasteiger partial charge on any atom is -0.310 e. The number of carbonyl (C=O) groups is 1. The first-order chi connectivity index (χ1) is 11.4. The molecular formula is C18H19FN4O. The fraction of sp³-hybridized carbons (Fsp3) is 0.389. The third kappa shape index (κ3) is 3.16. The van der Waals surface area contributed by atoms with Crippen molar-refractivity contribution in [3.63, 3.8) is 0 Å². The maximum Gasteiger partial charge on any atom is 0.179 e. The summed E-state index contributed by atoms with van der Waals surface area (Å²) in [4.78, 5) is 14.2. The first-order valence-corrected chi connectivity index (χ1v) is 7.87. The molecule has 0 N–H and O–H groups in total. The number of aryl methyl sites for hydroxylation is 1. The Hall–Kier alpha value is -2.68. The number of nitriles is 1. The van der Waals surface area contributed by atoms with Crippen molar-refractivity contribution < 1.29 is 9.18 Å². The van der Waals surface area contributed by atoms with Gasteiger partial charge in [-0.1, -0.05) is 13.0 Å². The van der Waals surface area contributed by atoms with Gasteiger partial charge in [-0.3, -0.25) is 9.48 Å². The van der Waals surface area contributed by atoms with E-state index in [0.29, 0.717) is 18.7 Å². The van der Waals surface area contributed by atoms with Crippen LogP contribution in [0.25, 0.3) is 11.1 Å². The normalized spacial score (nSPS) is 20.2. The minimum atomic E-state index is -0.514. The Kier molecular flexibility index (Phi) is 4.10. The van der Waals surface area contributed by atoms with E-state index in [-0.39, 0.29) is 23.2 Å². The van der Waals surface area contributed by atoms with E-state index in [4.69, 9.17) is 5.26 Å². The predicted octanol–water partition coefficient (Wildman–Crippen LogP) is 2.99. The first kappa shape index (κ1) is 16.2. The average Bonchev–Trinajstić information content (AvgIpc) is 3.13. The molecule has 0 amide bonds. The van der Waals surface area contributed by atoms with E-state index in [0.717, 1.165) is 12.0 Å². The fourth-order valence-corrected chi connectivity index (χ4v) is 3.23. The molecule has 2 aromatic rings. The lowest BCUT2D eigenvalue weighted by Crippen LogP contribution is -2.25. The number of Topliss-reactive ketones (excluding diaryl/α,β-unsaturated/α-hetero) is 1. The van der Waals surface area contributed by atoms with Gasteiger partial charge in [-0.15, -0.1) is 0 Å². The maximum atomic E-state index is 14.4. The van der Waals surface area contributed by atoms with Gasteiger partial charge in [0.05, 0.1) is 11.8 Å². The molecule has 5 nitrogen and oxygen atoms in total. The third-order valence-corrected chi connectivity index (χ3v) is 4.59. The number of likely N-dealkylation sites (tertiary alicyclic amines) is 1. The van der Waals surface area contributed by atoms with E-state index in [2.05, 4.69) is 11.3 Å². The molecule has 1 aliphatic heterocycles. The van der Waals surface area contributed by atoms with Gasteiger partial charge in [-0.2, -0.15) is 10.4 Å². The lowest BCUT2D eigenvalue weighted by atomic mass is 9.82. The van der Waals surface area contributed by atoms with Crippen molar-refractivity contribution in [2.24, 2.45) is 12.5 Å². The Balaban J connectivity index is 1.77. The highest BCUT2D eigenvalue weighted by Gasteiger charge is 2.36. The van der Waals surface area contributed by atoms with Gasteiger partial charge >= 0.3 is 0 Å². The molecule has 0 spiro atoms. The molecule has 0 saturated carbocycles. The maximum absolute atomic E-state index is 14.4. The molecule has 1 saturated heterocycles.